The van der Waals surface area contributed by atoms with Crippen molar-refractivity contribution in [1.82, 2.24) is 24.0 Å². The fraction of sp³-hybridized carbons (Fsp3) is 0.407. The number of imidazole rings is 1. The topological polar surface area (TPSA) is 111 Å². The van der Waals surface area contributed by atoms with Gasteiger partial charge in [-0.25, -0.2) is 14.3 Å². The molecule has 9 heteroatoms. The van der Waals surface area contributed by atoms with Crippen LogP contribution in [0.5, 0.6) is 0 Å². The molecule has 1 atom stereocenters. The predicted molar refractivity (Wildman–Crippen MR) is 140 cm³/mol. The second-order valence-electron chi connectivity index (χ2n) is 9.08. The number of amides is 1. The molecule has 2 heterocycles. The van der Waals surface area contributed by atoms with Crippen molar-refractivity contribution in [2.75, 3.05) is 0 Å². The highest BCUT2D eigenvalue weighted by Gasteiger charge is 2.22. The molecule has 0 saturated carbocycles. The number of benzene rings is 2. The molecule has 0 aliphatic carbocycles. The van der Waals surface area contributed by atoms with Crippen LogP contribution in [0, 0.1) is 0 Å². The molecule has 0 radical (unpaired) electrons. The minimum absolute atomic E-state index is 0.243. The molecule has 0 aliphatic rings. The Bertz CT molecular complexity index is 1510. The number of hydrogen-bond acceptors (Lipinski definition) is 5. The van der Waals surface area contributed by atoms with Gasteiger partial charge in [0.1, 0.15) is 19.0 Å². The highest BCUT2D eigenvalue weighted by Crippen LogP contribution is 2.20. The molecule has 0 aliphatic heterocycles. The van der Waals surface area contributed by atoms with E-state index in [1.54, 1.807) is 4.57 Å². The molecular formula is C27H33N5O4. The van der Waals surface area contributed by atoms with E-state index >= 15 is 0 Å². The predicted octanol–water partition coefficient (Wildman–Crippen LogP) is 3.09. The molecule has 9 nitrogen and oxygen atoms in total. The molecule has 0 saturated heterocycles. The second-order valence-corrected chi connectivity index (χ2v) is 9.08. The largest absolute Gasteiger partial charge is 0.388 e. The molecule has 4 aromatic rings. The standard InChI is InChI=1S/C27H33N5O4/c1-4-6-14-31-25-24(30(13-5-2)22(17-33)29-25)26(35)32(27(31)36)16-23(34)28-18(3)20-12-11-19-9-7-8-10-21(19)15-20/h7-12,15,18,33H,4-6,13-14,16-17H2,1-3H3,(H,28,34). The second kappa shape index (κ2) is 10.9. The SMILES string of the molecule is CCCCn1c(=O)n(CC(=O)NC(C)c2ccc3ccccc3c2)c(=O)c2c1nc(CO)n2CCC. The van der Waals surface area contributed by atoms with Gasteiger partial charge in [-0.2, -0.15) is 0 Å². The van der Waals surface area contributed by atoms with Crippen molar-refractivity contribution < 1.29 is 9.90 Å². The number of aromatic nitrogens is 4. The number of nitrogens with one attached hydrogen (secondary N) is 1. The third-order valence-corrected chi connectivity index (χ3v) is 6.47. The number of nitrogens with zero attached hydrogens (tertiary/aromatic N) is 4. The van der Waals surface area contributed by atoms with Crippen LogP contribution >= 0.6 is 0 Å². The third kappa shape index (κ3) is 4.83. The molecule has 190 valence electrons. The molecular weight excluding hydrogens is 458 g/mol. The Morgan fingerprint density at radius 1 is 1.00 bits per heavy atom. The smallest absolute Gasteiger partial charge is 0.333 e. The molecule has 2 aromatic carbocycles. The lowest BCUT2D eigenvalue weighted by molar-refractivity contribution is -0.122. The first-order valence-corrected chi connectivity index (χ1v) is 12.5. The van der Waals surface area contributed by atoms with Gasteiger partial charge in [0.25, 0.3) is 5.56 Å². The van der Waals surface area contributed by atoms with Gasteiger partial charge in [-0.3, -0.25) is 14.2 Å². The van der Waals surface area contributed by atoms with Crippen LogP contribution in [0.4, 0.5) is 0 Å². The highest BCUT2D eigenvalue weighted by atomic mass is 16.3. The van der Waals surface area contributed by atoms with Gasteiger partial charge < -0.3 is 15.0 Å². The van der Waals surface area contributed by atoms with Crippen LogP contribution in [0.25, 0.3) is 21.9 Å². The van der Waals surface area contributed by atoms with Crippen LogP contribution in [0.3, 0.4) is 0 Å². The van der Waals surface area contributed by atoms with Gasteiger partial charge in [0, 0.05) is 13.1 Å². The van der Waals surface area contributed by atoms with Crippen LogP contribution in [0.2, 0.25) is 0 Å². The van der Waals surface area contributed by atoms with E-state index in [-0.39, 0.29) is 23.8 Å². The quantitative estimate of drug-likeness (QED) is 0.354. The van der Waals surface area contributed by atoms with E-state index in [0.717, 1.165) is 33.7 Å². The fourth-order valence-electron chi connectivity index (χ4n) is 4.57. The summed E-state index contributed by atoms with van der Waals surface area (Å²) in [5.41, 5.74) is 0.292. The first-order chi connectivity index (χ1) is 17.4. The minimum Gasteiger partial charge on any atom is -0.388 e. The van der Waals surface area contributed by atoms with E-state index < -0.39 is 23.7 Å². The van der Waals surface area contributed by atoms with Crippen molar-refractivity contribution >= 4 is 27.8 Å². The molecule has 0 bridgehead atoms. The van der Waals surface area contributed by atoms with Crippen molar-refractivity contribution in [2.24, 2.45) is 0 Å². The summed E-state index contributed by atoms with van der Waals surface area (Å²) >= 11 is 0. The van der Waals surface area contributed by atoms with Crippen molar-refractivity contribution in [3.63, 3.8) is 0 Å². The number of fused-ring (bicyclic) bond motifs is 2. The maximum absolute atomic E-state index is 13.5. The Hall–Kier alpha value is -3.72. The third-order valence-electron chi connectivity index (χ3n) is 6.47. The van der Waals surface area contributed by atoms with Gasteiger partial charge in [0.2, 0.25) is 5.91 Å². The number of carbonyl (C=O) groups excluding carboxylic acids is 1. The number of hydrogen-bond donors (Lipinski definition) is 2. The van der Waals surface area contributed by atoms with Crippen molar-refractivity contribution in [1.29, 1.82) is 0 Å². The summed E-state index contributed by atoms with van der Waals surface area (Å²) in [7, 11) is 0. The summed E-state index contributed by atoms with van der Waals surface area (Å²) in [6, 6.07) is 13.7. The zero-order chi connectivity index (χ0) is 25.8. The molecule has 36 heavy (non-hydrogen) atoms. The van der Waals surface area contributed by atoms with Gasteiger partial charge in [-0.05, 0) is 42.2 Å². The maximum atomic E-state index is 13.5. The van der Waals surface area contributed by atoms with Gasteiger partial charge >= 0.3 is 5.69 Å². The number of unbranched alkanes of at least 4 members (excludes halogenated alkanes) is 1. The number of aliphatic hydroxyl groups excluding tert-OH is 1. The van der Waals surface area contributed by atoms with Gasteiger partial charge in [0.05, 0.1) is 6.04 Å². The summed E-state index contributed by atoms with van der Waals surface area (Å²) < 4.78 is 4.09. The van der Waals surface area contributed by atoms with E-state index in [1.807, 2.05) is 63.2 Å². The average molecular weight is 492 g/mol. The Morgan fingerprint density at radius 2 is 1.75 bits per heavy atom. The minimum atomic E-state index is -0.572. The van der Waals surface area contributed by atoms with Crippen LogP contribution in [0.15, 0.2) is 52.1 Å². The summed E-state index contributed by atoms with van der Waals surface area (Å²) in [6.45, 7) is 5.93. The summed E-state index contributed by atoms with van der Waals surface area (Å²) in [5, 5.41) is 14.9. The zero-order valence-corrected chi connectivity index (χ0v) is 21.0. The van der Waals surface area contributed by atoms with Crippen LogP contribution < -0.4 is 16.6 Å². The normalized spacial score (nSPS) is 12.3. The van der Waals surface area contributed by atoms with E-state index in [0.29, 0.717) is 25.3 Å². The maximum Gasteiger partial charge on any atom is 0.333 e. The Kier molecular flexibility index (Phi) is 7.69. The lowest BCUT2D eigenvalue weighted by atomic mass is 10.0. The van der Waals surface area contributed by atoms with Gasteiger partial charge in [0.15, 0.2) is 11.2 Å². The lowest BCUT2D eigenvalue weighted by Crippen LogP contribution is -2.44. The summed E-state index contributed by atoms with van der Waals surface area (Å²) in [4.78, 5) is 44.2. The van der Waals surface area contributed by atoms with Crippen molar-refractivity contribution in [3.05, 3.63) is 74.7 Å². The van der Waals surface area contributed by atoms with E-state index in [2.05, 4.69) is 10.3 Å². The zero-order valence-electron chi connectivity index (χ0n) is 21.0. The average Bonchev–Trinajstić information content (AvgIpc) is 3.24. The van der Waals surface area contributed by atoms with Gasteiger partial charge in [-0.1, -0.05) is 56.7 Å². The molecule has 0 fully saturated rings. The number of aryl methyl sites for hydroxylation is 2. The first-order valence-electron chi connectivity index (χ1n) is 12.5. The number of rotatable bonds is 10. The van der Waals surface area contributed by atoms with E-state index in [1.165, 1.54) is 4.57 Å². The molecule has 4 rings (SSSR count). The Balaban J connectivity index is 1.69. The lowest BCUT2D eigenvalue weighted by Gasteiger charge is -2.16. The van der Waals surface area contributed by atoms with Crippen LogP contribution in [-0.4, -0.2) is 29.7 Å². The summed E-state index contributed by atoms with van der Waals surface area (Å²) in [6.07, 6.45) is 2.28. The number of carbonyl (C=O) groups is 1. The van der Waals surface area contributed by atoms with Crippen molar-refractivity contribution in [2.45, 2.75) is 72.3 Å². The van der Waals surface area contributed by atoms with E-state index in [9.17, 15) is 19.5 Å². The van der Waals surface area contributed by atoms with Crippen molar-refractivity contribution in [3.8, 4) is 0 Å². The molecule has 1 amide bonds. The Labute approximate surface area is 209 Å². The summed E-state index contributed by atoms with van der Waals surface area (Å²) in [5.74, 6) is -0.0964. The fourth-order valence-corrected chi connectivity index (χ4v) is 4.57. The molecule has 2 N–H and O–H groups in total. The first kappa shape index (κ1) is 25.4. The van der Waals surface area contributed by atoms with Crippen LogP contribution in [-0.2, 0) is 31.0 Å². The monoisotopic (exact) mass is 491 g/mol. The molecule has 1 unspecified atom stereocenters. The highest BCUT2D eigenvalue weighted by molar-refractivity contribution is 5.83. The molecule has 2 aromatic heterocycles. The Morgan fingerprint density at radius 3 is 2.44 bits per heavy atom. The van der Waals surface area contributed by atoms with Gasteiger partial charge in [-0.15, -0.1) is 0 Å². The number of aliphatic hydroxyl groups is 1. The van der Waals surface area contributed by atoms with E-state index in [4.69, 9.17) is 0 Å². The molecule has 0 spiro atoms. The van der Waals surface area contributed by atoms with Crippen LogP contribution in [0.1, 0.15) is 57.5 Å².